The maximum Gasteiger partial charge on any atom is 0.221 e. The van der Waals surface area contributed by atoms with Crippen LogP contribution in [0.4, 0.5) is 0 Å². The molecule has 0 spiro atoms. The summed E-state index contributed by atoms with van der Waals surface area (Å²) >= 11 is 1.65. The van der Waals surface area contributed by atoms with Crippen molar-refractivity contribution in [3.05, 3.63) is 58.2 Å². The molecule has 0 unspecified atom stereocenters. The molecular formula is C20H19N3OS. The second-order valence-electron chi connectivity index (χ2n) is 6.25. The van der Waals surface area contributed by atoms with Crippen LogP contribution in [0.5, 0.6) is 5.88 Å². The molecule has 25 heavy (non-hydrogen) atoms. The molecule has 0 N–H and O–H groups in total. The molecule has 5 heteroatoms. The molecule has 3 heterocycles. The Morgan fingerprint density at radius 1 is 1.00 bits per heavy atom. The molecule has 0 bridgehead atoms. The zero-order chi connectivity index (χ0) is 17.6. The van der Waals surface area contributed by atoms with Crippen molar-refractivity contribution in [3.8, 4) is 23.0 Å². The molecule has 0 atom stereocenters. The molecule has 0 fully saturated rings. The Balaban J connectivity index is 1.97. The molecule has 1 aromatic carbocycles. The van der Waals surface area contributed by atoms with Crippen molar-refractivity contribution in [2.24, 2.45) is 0 Å². The lowest BCUT2D eigenvalue weighted by atomic mass is 10.0. The first-order valence-corrected chi connectivity index (χ1v) is 9.05. The number of aromatic nitrogens is 3. The van der Waals surface area contributed by atoms with Crippen LogP contribution < -0.4 is 4.74 Å². The van der Waals surface area contributed by atoms with Crippen LogP contribution in [-0.4, -0.2) is 21.6 Å². The molecule has 0 saturated carbocycles. The van der Waals surface area contributed by atoms with E-state index in [1.807, 2.05) is 18.6 Å². The number of imidazole rings is 1. The summed E-state index contributed by atoms with van der Waals surface area (Å²) in [5.74, 6) is 1.55. The van der Waals surface area contributed by atoms with Gasteiger partial charge in [-0.2, -0.15) is 11.3 Å². The predicted molar refractivity (Wildman–Crippen MR) is 103 cm³/mol. The van der Waals surface area contributed by atoms with Gasteiger partial charge in [0, 0.05) is 34.9 Å². The van der Waals surface area contributed by atoms with Gasteiger partial charge in [-0.3, -0.25) is 4.57 Å². The molecule has 0 saturated heterocycles. The monoisotopic (exact) mass is 349 g/mol. The summed E-state index contributed by atoms with van der Waals surface area (Å²) in [5.41, 5.74) is 5.94. The lowest BCUT2D eigenvalue weighted by Gasteiger charge is -2.15. The smallest absolute Gasteiger partial charge is 0.221 e. The third-order valence-corrected chi connectivity index (χ3v) is 5.19. The maximum absolute atomic E-state index is 5.39. The topological polar surface area (TPSA) is 39.9 Å². The first kappa shape index (κ1) is 15.8. The second-order valence-corrected chi connectivity index (χ2v) is 6.99. The fourth-order valence-corrected chi connectivity index (χ4v) is 4.33. The summed E-state index contributed by atoms with van der Waals surface area (Å²) < 4.78 is 7.55. The molecule has 0 amide bonds. The minimum Gasteiger partial charge on any atom is -0.481 e. The molecule has 0 aliphatic carbocycles. The first-order valence-electron chi connectivity index (χ1n) is 8.11. The largest absolute Gasteiger partial charge is 0.481 e. The minimum absolute atomic E-state index is 0.654. The van der Waals surface area contributed by atoms with Gasteiger partial charge in [-0.15, -0.1) is 0 Å². The van der Waals surface area contributed by atoms with Crippen molar-refractivity contribution in [1.82, 2.24) is 14.5 Å². The van der Waals surface area contributed by atoms with Gasteiger partial charge in [0.1, 0.15) is 5.82 Å². The highest BCUT2D eigenvalue weighted by Crippen LogP contribution is 2.36. The van der Waals surface area contributed by atoms with Gasteiger partial charge in [-0.1, -0.05) is 17.7 Å². The van der Waals surface area contributed by atoms with Crippen LogP contribution in [0.25, 0.3) is 27.8 Å². The van der Waals surface area contributed by atoms with Crippen LogP contribution in [0.1, 0.15) is 16.7 Å². The summed E-state index contributed by atoms with van der Waals surface area (Å²) in [6.45, 7) is 6.41. The normalized spacial score (nSPS) is 11.2. The van der Waals surface area contributed by atoms with Gasteiger partial charge in [0.15, 0.2) is 0 Å². The number of aryl methyl sites for hydroxylation is 3. The number of pyridine rings is 1. The predicted octanol–water partition coefficient (Wildman–Crippen LogP) is 5.08. The van der Waals surface area contributed by atoms with Crippen molar-refractivity contribution < 1.29 is 4.74 Å². The number of hydrogen-bond donors (Lipinski definition) is 0. The van der Waals surface area contributed by atoms with E-state index in [1.165, 1.54) is 22.4 Å². The highest BCUT2D eigenvalue weighted by Gasteiger charge is 2.17. The Morgan fingerprint density at radius 2 is 1.72 bits per heavy atom. The van der Waals surface area contributed by atoms with Crippen LogP contribution in [0.3, 0.4) is 0 Å². The van der Waals surface area contributed by atoms with E-state index < -0.39 is 0 Å². The first-order chi connectivity index (χ1) is 12.1. The van der Waals surface area contributed by atoms with Gasteiger partial charge in [-0.05, 0) is 37.3 Å². The Kier molecular flexibility index (Phi) is 3.81. The zero-order valence-corrected chi connectivity index (χ0v) is 15.5. The van der Waals surface area contributed by atoms with Crippen molar-refractivity contribution in [2.75, 3.05) is 7.11 Å². The van der Waals surface area contributed by atoms with E-state index in [0.717, 1.165) is 22.2 Å². The Hall–Kier alpha value is -2.66. The number of fused-ring (bicyclic) bond motifs is 1. The zero-order valence-electron chi connectivity index (χ0n) is 14.7. The van der Waals surface area contributed by atoms with Crippen molar-refractivity contribution >= 4 is 22.1 Å². The van der Waals surface area contributed by atoms with E-state index in [0.29, 0.717) is 5.88 Å². The van der Waals surface area contributed by atoms with Crippen LogP contribution in [0, 0.1) is 20.8 Å². The van der Waals surface area contributed by atoms with Crippen molar-refractivity contribution in [2.45, 2.75) is 20.8 Å². The summed E-state index contributed by atoms with van der Waals surface area (Å²) in [6.07, 6.45) is 5.71. The number of ether oxygens (including phenoxy) is 1. The fourth-order valence-electron chi connectivity index (χ4n) is 3.51. The average molecular weight is 349 g/mol. The van der Waals surface area contributed by atoms with Gasteiger partial charge < -0.3 is 4.74 Å². The number of hydrogen-bond acceptors (Lipinski definition) is 4. The quantitative estimate of drug-likeness (QED) is 0.518. The Bertz CT molecular complexity index is 1050. The molecule has 4 rings (SSSR count). The third-order valence-electron chi connectivity index (χ3n) is 4.44. The summed E-state index contributed by atoms with van der Waals surface area (Å²) in [7, 11) is 1.65. The molecule has 4 aromatic rings. The second kappa shape index (κ2) is 6.01. The van der Waals surface area contributed by atoms with Gasteiger partial charge >= 0.3 is 0 Å². The van der Waals surface area contributed by atoms with Crippen molar-refractivity contribution in [1.29, 1.82) is 0 Å². The van der Waals surface area contributed by atoms with Crippen LogP contribution in [0.2, 0.25) is 0 Å². The van der Waals surface area contributed by atoms with E-state index in [-0.39, 0.29) is 0 Å². The summed E-state index contributed by atoms with van der Waals surface area (Å²) in [4.78, 5) is 9.12. The van der Waals surface area contributed by atoms with E-state index in [1.54, 1.807) is 18.4 Å². The van der Waals surface area contributed by atoms with Crippen LogP contribution in [0.15, 0.2) is 41.5 Å². The third kappa shape index (κ3) is 2.51. The molecule has 4 nitrogen and oxygen atoms in total. The fraction of sp³-hybridized carbons (Fsp3) is 0.200. The average Bonchev–Trinajstić information content (AvgIpc) is 3.22. The standard InChI is InChI=1S/C20H19N3OS/c1-12-7-13(2)18(14(3)8-12)23-6-5-21-19(23)15-9-22-20(24-4)17-11-25-10-16(15)17/h5-11H,1-4H3. The number of benzene rings is 1. The number of thiophene rings is 1. The SMILES string of the molecule is COc1ncc(-c2nccn2-c2c(C)cc(C)cc2C)c2cscc12. The molecule has 0 aliphatic heterocycles. The Morgan fingerprint density at radius 3 is 2.44 bits per heavy atom. The van der Waals surface area contributed by atoms with Gasteiger partial charge in [0.2, 0.25) is 5.88 Å². The molecule has 126 valence electrons. The molecule has 0 aliphatic rings. The van der Waals surface area contributed by atoms with Gasteiger partial charge in [-0.25, -0.2) is 9.97 Å². The molecule has 3 aromatic heterocycles. The highest BCUT2D eigenvalue weighted by atomic mass is 32.1. The number of rotatable bonds is 3. The minimum atomic E-state index is 0.654. The van der Waals surface area contributed by atoms with E-state index in [4.69, 9.17) is 4.74 Å². The van der Waals surface area contributed by atoms with E-state index >= 15 is 0 Å². The van der Waals surface area contributed by atoms with Crippen LogP contribution in [-0.2, 0) is 0 Å². The van der Waals surface area contributed by atoms with Gasteiger partial charge in [0.05, 0.1) is 18.2 Å². The lowest BCUT2D eigenvalue weighted by molar-refractivity contribution is 0.403. The van der Waals surface area contributed by atoms with Gasteiger partial charge in [0.25, 0.3) is 0 Å². The lowest BCUT2D eigenvalue weighted by Crippen LogP contribution is -2.03. The Labute approximate surface area is 150 Å². The summed E-state index contributed by atoms with van der Waals surface area (Å²) in [5, 5.41) is 6.34. The molecular weight excluding hydrogens is 330 g/mol. The molecule has 0 radical (unpaired) electrons. The van der Waals surface area contributed by atoms with E-state index in [9.17, 15) is 0 Å². The number of nitrogens with zero attached hydrogens (tertiary/aromatic N) is 3. The number of methoxy groups -OCH3 is 1. The highest BCUT2D eigenvalue weighted by molar-refractivity contribution is 7.09. The summed E-state index contributed by atoms with van der Waals surface area (Å²) in [6, 6.07) is 4.41. The van der Waals surface area contributed by atoms with E-state index in [2.05, 4.69) is 58.2 Å². The maximum atomic E-state index is 5.39. The van der Waals surface area contributed by atoms with Crippen molar-refractivity contribution in [3.63, 3.8) is 0 Å². The van der Waals surface area contributed by atoms with Crippen LogP contribution >= 0.6 is 11.3 Å².